The van der Waals surface area contributed by atoms with Crippen molar-refractivity contribution < 1.29 is 23.9 Å². The van der Waals surface area contributed by atoms with Crippen molar-refractivity contribution in [1.29, 1.82) is 0 Å². The van der Waals surface area contributed by atoms with Gasteiger partial charge in [0.1, 0.15) is 17.4 Å². The highest BCUT2D eigenvalue weighted by Crippen LogP contribution is 2.31. The average molecular weight is 547 g/mol. The molecule has 0 radical (unpaired) electrons. The lowest BCUT2D eigenvalue weighted by atomic mass is 9.89. The number of alkyl carbamates (subject to hydrolysis) is 1. The molecule has 9 heteroatoms. The van der Waals surface area contributed by atoms with Crippen LogP contribution in [0.1, 0.15) is 63.5 Å². The van der Waals surface area contributed by atoms with Crippen molar-refractivity contribution in [1.82, 2.24) is 15.6 Å². The predicted molar refractivity (Wildman–Crippen MR) is 154 cm³/mol. The quantitative estimate of drug-likeness (QED) is 0.410. The summed E-state index contributed by atoms with van der Waals surface area (Å²) in [7, 11) is 1.61. The molecule has 1 aromatic heterocycles. The lowest BCUT2D eigenvalue weighted by molar-refractivity contribution is -0.123. The molecule has 2 aliphatic heterocycles. The van der Waals surface area contributed by atoms with Gasteiger partial charge < -0.3 is 25.4 Å². The number of pyridine rings is 1. The van der Waals surface area contributed by atoms with E-state index in [9.17, 15) is 14.4 Å². The molecular weight excluding hydrogens is 508 g/mol. The van der Waals surface area contributed by atoms with Gasteiger partial charge in [0.25, 0.3) is 0 Å². The molecule has 2 atom stereocenters. The van der Waals surface area contributed by atoms with Gasteiger partial charge in [-0.1, -0.05) is 30.7 Å². The molecule has 2 aliphatic rings. The van der Waals surface area contributed by atoms with Gasteiger partial charge in [0.2, 0.25) is 11.8 Å². The van der Waals surface area contributed by atoms with E-state index in [1.807, 2.05) is 48.5 Å². The topological polar surface area (TPSA) is 119 Å². The number of nitrogens with zero attached hydrogens (tertiary/aromatic N) is 1. The van der Waals surface area contributed by atoms with Gasteiger partial charge in [0, 0.05) is 31.0 Å². The van der Waals surface area contributed by atoms with E-state index < -0.39 is 17.7 Å². The van der Waals surface area contributed by atoms with Gasteiger partial charge in [-0.25, -0.2) is 4.79 Å². The normalized spacial score (nSPS) is 18.1. The van der Waals surface area contributed by atoms with Gasteiger partial charge in [-0.3, -0.25) is 14.6 Å². The van der Waals surface area contributed by atoms with Crippen LogP contribution in [0.3, 0.4) is 0 Å². The van der Waals surface area contributed by atoms with E-state index >= 15 is 0 Å². The van der Waals surface area contributed by atoms with Crippen LogP contribution >= 0.6 is 0 Å². The minimum absolute atomic E-state index is 0.0126. The Kier molecular flexibility index (Phi) is 9.24. The van der Waals surface area contributed by atoms with Gasteiger partial charge in [-0.15, -0.1) is 0 Å². The second-order valence-corrected chi connectivity index (χ2v) is 11.1. The van der Waals surface area contributed by atoms with E-state index in [0.29, 0.717) is 36.3 Å². The van der Waals surface area contributed by atoms with E-state index in [2.05, 4.69) is 20.9 Å². The Balaban J connectivity index is 1.48. The van der Waals surface area contributed by atoms with Crippen LogP contribution in [-0.2, 0) is 20.7 Å². The highest BCUT2D eigenvalue weighted by Gasteiger charge is 2.25. The Labute approximate surface area is 235 Å². The number of amides is 3. The highest BCUT2D eigenvalue weighted by molar-refractivity contribution is 6.02. The van der Waals surface area contributed by atoms with Crippen LogP contribution in [0, 0.1) is 0 Å². The maximum Gasteiger partial charge on any atom is 0.408 e. The molecule has 3 heterocycles. The molecule has 40 heavy (non-hydrogen) atoms. The molecule has 0 spiro atoms. The Morgan fingerprint density at radius 2 is 1.85 bits per heavy atom. The maximum atomic E-state index is 13.2. The summed E-state index contributed by atoms with van der Waals surface area (Å²) in [6.45, 7) is 5.83. The third kappa shape index (κ3) is 7.71. The Morgan fingerprint density at radius 3 is 2.58 bits per heavy atom. The molecule has 0 saturated heterocycles. The van der Waals surface area contributed by atoms with Crippen LogP contribution in [0.4, 0.5) is 10.5 Å². The summed E-state index contributed by atoms with van der Waals surface area (Å²) in [5.41, 5.74) is 2.63. The van der Waals surface area contributed by atoms with Gasteiger partial charge in [-0.2, -0.15) is 0 Å². The highest BCUT2D eigenvalue weighted by atomic mass is 16.6. The number of fused-ring (bicyclic) bond motifs is 11. The first-order chi connectivity index (χ1) is 19.1. The number of aromatic nitrogens is 1. The Hall–Kier alpha value is -4.14. The first kappa shape index (κ1) is 28.9. The van der Waals surface area contributed by atoms with Crippen LogP contribution in [0.2, 0.25) is 0 Å². The van der Waals surface area contributed by atoms with Crippen molar-refractivity contribution in [2.75, 3.05) is 19.0 Å². The molecule has 5 rings (SSSR count). The minimum Gasteiger partial charge on any atom is -0.496 e. The third-order valence-corrected chi connectivity index (χ3v) is 6.83. The van der Waals surface area contributed by atoms with E-state index in [0.717, 1.165) is 35.8 Å². The molecule has 2 bridgehead atoms. The SMILES string of the molecule is COc1ccc(NC(=O)CC2CCCCNC(=O)[C@@H](NC(=O)OC(C)(C)C)Cc3ccc2cc3)c2ncccc12. The van der Waals surface area contributed by atoms with Crippen molar-refractivity contribution in [3.8, 4) is 5.75 Å². The predicted octanol–water partition coefficient (Wildman–Crippen LogP) is 5.09. The first-order valence-electron chi connectivity index (χ1n) is 13.7. The summed E-state index contributed by atoms with van der Waals surface area (Å²) >= 11 is 0. The number of benzene rings is 2. The number of methoxy groups -OCH3 is 1. The van der Waals surface area contributed by atoms with E-state index in [4.69, 9.17) is 9.47 Å². The average Bonchev–Trinajstić information content (AvgIpc) is 2.92. The molecule has 0 saturated carbocycles. The Morgan fingerprint density at radius 1 is 1.07 bits per heavy atom. The van der Waals surface area contributed by atoms with Gasteiger partial charge in [0.15, 0.2) is 0 Å². The number of rotatable bonds is 5. The summed E-state index contributed by atoms with van der Waals surface area (Å²) < 4.78 is 10.8. The number of nitrogens with one attached hydrogen (secondary N) is 3. The molecule has 1 unspecified atom stereocenters. The van der Waals surface area contributed by atoms with E-state index in [-0.39, 0.29) is 17.7 Å². The smallest absolute Gasteiger partial charge is 0.408 e. The molecule has 212 valence electrons. The van der Waals surface area contributed by atoms with Gasteiger partial charge in [-0.05, 0) is 74.9 Å². The fourth-order valence-corrected chi connectivity index (χ4v) is 4.91. The number of anilines is 1. The Bertz CT molecular complexity index is 1350. The van der Waals surface area contributed by atoms with Crippen molar-refractivity contribution in [2.24, 2.45) is 0 Å². The second-order valence-electron chi connectivity index (χ2n) is 11.1. The summed E-state index contributed by atoms with van der Waals surface area (Å²) in [5.74, 6) is 0.376. The molecule has 3 N–H and O–H groups in total. The minimum atomic E-state index is -0.754. The molecule has 2 aromatic carbocycles. The van der Waals surface area contributed by atoms with Crippen LogP contribution in [0.15, 0.2) is 54.7 Å². The van der Waals surface area contributed by atoms with Gasteiger partial charge in [0.05, 0.1) is 18.3 Å². The lowest BCUT2D eigenvalue weighted by Crippen LogP contribution is -2.49. The third-order valence-electron chi connectivity index (χ3n) is 6.83. The van der Waals surface area contributed by atoms with Crippen molar-refractivity contribution in [3.05, 3.63) is 65.9 Å². The number of hydrogen-bond acceptors (Lipinski definition) is 6. The summed E-state index contributed by atoms with van der Waals surface area (Å²) in [6.07, 6.45) is 4.09. The molecule has 3 aromatic rings. The molecular formula is C31H38N4O5. The largest absolute Gasteiger partial charge is 0.496 e. The monoisotopic (exact) mass is 546 g/mol. The number of carbonyl (C=O) groups is 3. The second kappa shape index (κ2) is 12.8. The fraction of sp³-hybridized carbons (Fsp3) is 0.419. The fourth-order valence-electron chi connectivity index (χ4n) is 4.91. The molecule has 0 fully saturated rings. The van der Waals surface area contributed by atoms with Crippen molar-refractivity contribution in [2.45, 2.75) is 70.4 Å². The van der Waals surface area contributed by atoms with E-state index in [1.165, 1.54) is 0 Å². The summed E-state index contributed by atoms with van der Waals surface area (Å²) in [5, 5.41) is 9.54. The van der Waals surface area contributed by atoms with Crippen LogP contribution in [0.5, 0.6) is 5.75 Å². The summed E-state index contributed by atoms with van der Waals surface area (Å²) in [6, 6.07) is 14.6. The lowest BCUT2D eigenvalue weighted by Gasteiger charge is -2.23. The standard InChI is InChI=1S/C31H38N4O5/c1-31(2,3)40-30(38)35-25-18-20-10-12-21(13-11-20)22(8-5-6-16-33-29(25)37)19-27(36)34-24-14-15-26(39-4)23-9-7-17-32-28(23)24/h7,9-15,17,22,25H,5-6,8,16,18-19H2,1-4H3,(H,33,37)(H,34,36)(H,35,38)/t22?,25-/m0/s1. The molecule has 0 aliphatic carbocycles. The van der Waals surface area contributed by atoms with Crippen LogP contribution in [-0.4, -0.2) is 48.2 Å². The number of carbonyl (C=O) groups excluding carboxylic acids is 3. The molecule has 9 nitrogen and oxygen atoms in total. The zero-order valence-electron chi connectivity index (χ0n) is 23.6. The van der Waals surface area contributed by atoms with Crippen LogP contribution < -0.4 is 20.7 Å². The first-order valence-corrected chi connectivity index (χ1v) is 13.7. The van der Waals surface area contributed by atoms with E-state index in [1.54, 1.807) is 34.1 Å². The zero-order valence-corrected chi connectivity index (χ0v) is 23.6. The number of ether oxygens (including phenoxy) is 2. The maximum absolute atomic E-state index is 13.2. The van der Waals surface area contributed by atoms with Crippen molar-refractivity contribution in [3.63, 3.8) is 0 Å². The number of hydrogen-bond donors (Lipinski definition) is 3. The van der Waals surface area contributed by atoms with Gasteiger partial charge >= 0.3 is 6.09 Å². The van der Waals surface area contributed by atoms with Crippen molar-refractivity contribution >= 4 is 34.5 Å². The zero-order chi connectivity index (χ0) is 28.7. The van der Waals surface area contributed by atoms with Crippen LogP contribution in [0.25, 0.3) is 10.9 Å². The summed E-state index contributed by atoms with van der Waals surface area (Å²) in [4.78, 5) is 43.0. The molecule has 3 amide bonds.